The first-order valence-corrected chi connectivity index (χ1v) is 12.1. The Kier molecular flexibility index (Phi) is 6.18. The maximum atomic E-state index is 14.0. The normalized spacial score (nSPS) is 16.9. The number of aromatic nitrogens is 1. The van der Waals surface area contributed by atoms with Gasteiger partial charge in [0.25, 0.3) is 0 Å². The van der Waals surface area contributed by atoms with E-state index >= 15 is 0 Å². The lowest BCUT2D eigenvalue weighted by Gasteiger charge is -2.32. The van der Waals surface area contributed by atoms with Crippen molar-refractivity contribution in [1.29, 1.82) is 0 Å². The molecule has 3 aromatic rings. The number of nitrogens with zero attached hydrogens (tertiary/aromatic N) is 2. The molecule has 2 aliphatic rings. The molecule has 0 spiro atoms. The second kappa shape index (κ2) is 9.37. The van der Waals surface area contributed by atoms with Crippen LogP contribution in [0.15, 0.2) is 47.8 Å². The molecular weight excluding hydrogens is 409 g/mol. The Bertz CT molecular complexity index is 1010. The van der Waals surface area contributed by atoms with Gasteiger partial charge < -0.3 is 15.0 Å². The highest BCUT2D eigenvalue weighted by Gasteiger charge is 2.24. The molecule has 1 N–H and O–H groups in total. The van der Waals surface area contributed by atoms with Crippen LogP contribution in [-0.4, -0.2) is 42.2 Å². The summed E-state index contributed by atoms with van der Waals surface area (Å²) in [5, 5.41) is 6.54. The molecule has 0 amide bonds. The van der Waals surface area contributed by atoms with Gasteiger partial charge in [-0.05, 0) is 49.8 Å². The topological polar surface area (TPSA) is 37.4 Å². The molecule has 4 nitrogen and oxygen atoms in total. The van der Waals surface area contributed by atoms with Gasteiger partial charge in [-0.15, -0.1) is 11.3 Å². The average Bonchev–Trinajstić information content (AvgIpc) is 3.48. The number of hydrogen-bond acceptors (Lipinski definition) is 5. The third-order valence-corrected chi connectivity index (χ3v) is 7.09. The minimum absolute atomic E-state index is 0.0710. The third kappa shape index (κ3) is 4.75. The summed E-state index contributed by atoms with van der Waals surface area (Å²) in [6.07, 6.45) is 5.07. The average molecular weight is 438 g/mol. The van der Waals surface area contributed by atoms with Gasteiger partial charge in [0.2, 0.25) is 0 Å². The summed E-state index contributed by atoms with van der Waals surface area (Å²) in [5.41, 5.74) is 4.16. The lowest BCUT2D eigenvalue weighted by molar-refractivity contribution is 0.102. The first kappa shape index (κ1) is 20.5. The number of fused-ring (bicyclic) bond motifs is 1. The second-order valence-electron chi connectivity index (χ2n) is 8.35. The minimum Gasteiger partial charge on any atom is -0.490 e. The van der Waals surface area contributed by atoms with E-state index in [1.807, 2.05) is 24.3 Å². The Morgan fingerprint density at radius 1 is 1.06 bits per heavy atom. The Labute approximate surface area is 187 Å². The summed E-state index contributed by atoms with van der Waals surface area (Å²) in [6.45, 7) is 3.95. The molecule has 2 heterocycles. The molecule has 1 aliphatic heterocycles. The Morgan fingerprint density at radius 2 is 1.87 bits per heavy atom. The van der Waals surface area contributed by atoms with Gasteiger partial charge >= 0.3 is 0 Å². The van der Waals surface area contributed by atoms with Gasteiger partial charge in [0.05, 0.1) is 5.69 Å². The molecular formula is C25H28FN3OS. The van der Waals surface area contributed by atoms with Crippen LogP contribution in [0.1, 0.15) is 30.4 Å². The molecule has 0 saturated carbocycles. The van der Waals surface area contributed by atoms with Crippen molar-refractivity contribution in [3.05, 3.63) is 64.8 Å². The number of nitrogens with one attached hydrogen (secondary N) is 1. The zero-order chi connectivity index (χ0) is 21.0. The highest BCUT2D eigenvalue weighted by molar-refractivity contribution is 7.14. The standard InChI is InChI=1S/C25H28FN3OS/c26-22-9-10-24(21-8-4-7-20(21)22)30-19-11-14-29(15-12-19)16-13-27-25-28-23(17-31-25)18-5-2-1-3-6-18/h1-3,5-6,9-10,17,19H,4,7-8,11-16H2,(H,27,28). The van der Waals surface area contributed by atoms with Crippen molar-refractivity contribution in [2.45, 2.75) is 38.2 Å². The molecule has 0 unspecified atom stereocenters. The largest absolute Gasteiger partial charge is 0.490 e. The fourth-order valence-electron chi connectivity index (χ4n) is 4.59. The number of anilines is 1. The molecule has 0 atom stereocenters. The molecule has 2 aromatic carbocycles. The van der Waals surface area contributed by atoms with Crippen molar-refractivity contribution >= 4 is 16.5 Å². The SMILES string of the molecule is Fc1ccc(OC2CCN(CCNc3nc(-c4ccccc4)cs3)CC2)c2c1CCC2. The molecule has 6 heteroatoms. The quantitative estimate of drug-likeness (QED) is 0.538. The maximum Gasteiger partial charge on any atom is 0.183 e. The van der Waals surface area contributed by atoms with E-state index in [2.05, 4.69) is 27.7 Å². The molecule has 1 fully saturated rings. The van der Waals surface area contributed by atoms with Crippen molar-refractivity contribution in [1.82, 2.24) is 9.88 Å². The predicted octanol–water partition coefficient (Wildman–Crippen LogP) is 5.39. The van der Waals surface area contributed by atoms with E-state index in [4.69, 9.17) is 9.72 Å². The van der Waals surface area contributed by atoms with E-state index in [9.17, 15) is 4.39 Å². The molecule has 1 aliphatic carbocycles. The number of benzene rings is 2. The van der Waals surface area contributed by atoms with Gasteiger partial charge in [-0.25, -0.2) is 9.37 Å². The summed E-state index contributed by atoms with van der Waals surface area (Å²) in [7, 11) is 0. The smallest absolute Gasteiger partial charge is 0.183 e. The third-order valence-electron chi connectivity index (χ3n) is 6.29. The molecule has 1 aromatic heterocycles. The Morgan fingerprint density at radius 3 is 2.71 bits per heavy atom. The van der Waals surface area contributed by atoms with Gasteiger partial charge in [-0.1, -0.05) is 30.3 Å². The molecule has 162 valence electrons. The zero-order valence-corrected chi connectivity index (χ0v) is 18.5. The van der Waals surface area contributed by atoms with Gasteiger partial charge in [0.1, 0.15) is 17.7 Å². The predicted molar refractivity (Wildman–Crippen MR) is 125 cm³/mol. The van der Waals surface area contributed by atoms with E-state index in [0.717, 1.165) is 91.5 Å². The van der Waals surface area contributed by atoms with Gasteiger partial charge in [-0.3, -0.25) is 0 Å². The van der Waals surface area contributed by atoms with Gasteiger partial charge in [0, 0.05) is 42.7 Å². The Hall–Kier alpha value is -2.44. The number of thiazole rings is 1. The number of piperidine rings is 1. The van der Waals surface area contributed by atoms with E-state index in [1.54, 1.807) is 17.4 Å². The van der Waals surface area contributed by atoms with E-state index in [1.165, 1.54) is 0 Å². The Balaban J connectivity index is 1.07. The summed E-state index contributed by atoms with van der Waals surface area (Å²) in [5.74, 6) is 0.838. The van der Waals surface area contributed by atoms with Crippen molar-refractivity contribution < 1.29 is 9.13 Å². The summed E-state index contributed by atoms with van der Waals surface area (Å²) in [6, 6.07) is 13.7. The van der Waals surface area contributed by atoms with Gasteiger partial charge in [0.15, 0.2) is 5.13 Å². The fraction of sp³-hybridized carbons (Fsp3) is 0.400. The van der Waals surface area contributed by atoms with E-state index in [0.29, 0.717) is 0 Å². The van der Waals surface area contributed by atoms with Crippen LogP contribution in [0.3, 0.4) is 0 Å². The van der Waals surface area contributed by atoms with Crippen LogP contribution in [0.5, 0.6) is 5.75 Å². The van der Waals surface area contributed by atoms with Gasteiger partial charge in [-0.2, -0.15) is 0 Å². The number of hydrogen-bond donors (Lipinski definition) is 1. The number of ether oxygens (including phenoxy) is 1. The van der Waals surface area contributed by atoms with Crippen molar-refractivity contribution in [3.63, 3.8) is 0 Å². The van der Waals surface area contributed by atoms with Crippen LogP contribution in [0.2, 0.25) is 0 Å². The molecule has 0 radical (unpaired) electrons. The fourth-order valence-corrected chi connectivity index (χ4v) is 5.34. The van der Waals surface area contributed by atoms with Crippen LogP contribution >= 0.6 is 11.3 Å². The summed E-state index contributed by atoms with van der Waals surface area (Å²) in [4.78, 5) is 7.18. The maximum absolute atomic E-state index is 14.0. The van der Waals surface area contributed by atoms with Crippen LogP contribution in [0.25, 0.3) is 11.3 Å². The van der Waals surface area contributed by atoms with Crippen LogP contribution in [-0.2, 0) is 12.8 Å². The molecule has 0 bridgehead atoms. The van der Waals surface area contributed by atoms with Crippen LogP contribution in [0.4, 0.5) is 9.52 Å². The summed E-state index contributed by atoms with van der Waals surface area (Å²) < 4.78 is 20.3. The highest BCUT2D eigenvalue weighted by Crippen LogP contribution is 2.34. The summed E-state index contributed by atoms with van der Waals surface area (Å²) >= 11 is 1.66. The van der Waals surface area contributed by atoms with E-state index < -0.39 is 0 Å². The molecule has 1 saturated heterocycles. The number of rotatable bonds is 7. The zero-order valence-electron chi connectivity index (χ0n) is 17.6. The minimum atomic E-state index is -0.0710. The number of likely N-dealkylation sites (tertiary alicyclic amines) is 1. The van der Waals surface area contributed by atoms with Crippen LogP contribution < -0.4 is 10.1 Å². The van der Waals surface area contributed by atoms with E-state index in [-0.39, 0.29) is 11.9 Å². The highest BCUT2D eigenvalue weighted by atomic mass is 32.1. The second-order valence-corrected chi connectivity index (χ2v) is 9.20. The number of halogens is 1. The van der Waals surface area contributed by atoms with Crippen molar-refractivity contribution in [2.24, 2.45) is 0 Å². The van der Waals surface area contributed by atoms with Crippen LogP contribution in [0, 0.1) is 5.82 Å². The lowest BCUT2D eigenvalue weighted by atomic mass is 10.1. The van der Waals surface area contributed by atoms with Crippen molar-refractivity contribution in [3.8, 4) is 17.0 Å². The molecule has 31 heavy (non-hydrogen) atoms. The monoisotopic (exact) mass is 437 g/mol. The molecule has 5 rings (SSSR count). The first-order chi connectivity index (χ1) is 15.3. The van der Waals surface area contributed by atoms with Crippen molar-refractivity contribution in [2.75, 3.05) is 31.5 Å². The lowest BCUT2D eigenvalue weighted by Crippen LogP contribution is -2.40. The first-order valence-electron chi connectivity index (χ1n) is 11.2.